The van der Waals surface area contributed by atoms with Crippen molar-refractivity contribution in [3.8, 4) is 11.5 Å². The predicted molar refractivity (Wildman–Crippen MR) is 106 cm³/mol. The minimum atomic E-state index is 0. The summed E-state index contributed by atoms with van der Waals surface area (Å²) in [5.74, 6) is 2.16. The van der Waals surface area contributed by atoms with Crippen LogP contribution < -0.4 is 20.1 Å². The first kappa shape index (κ1) is 19.8. The average Bonchev–Trinajstić information content (AvgIpc) is 2.96. The molecule has 2 N–H and O–H groups in total. The van der Waals surface area contributed by atoms with Crippen LogP contribution >= 0.6 is 24.0 Å². The molecule has 1 atom stereocenters. The topological polar surface area (TPSA) is 58.1 Å². The summed E-state index contributed by atoms with van der Waals surface area (Å²) in [7, 11) is 7.20. The molecule has 0 radical (unpaired) electrons. The number of benzene rings is 1. The molecule has 1 heterocycles. The van der Waals surface area contributed by atoms with E-state index in [1.54, 1.807) is 21.3 Å². The molecule has 0 saturated carbocycles. The highest BCUT2D eigenvalue weighted by Gasteiger charge is 2.20. The van der Waals surface area contributed by atoms with Gasteiger partial charge in [-0.05, 0) is 38.6 Å². The lowest BCUT2D eigenvalue weighted by molar-refractivity contribution is 0.310. The molecule has 1 fully saturated rings. The number of anilines is 1. The summed E-state index contributed by atoms with van der Waals surface area (Å²) in [4.78, 5) is 6.66. The molecular formula is C16H27IN4O2. The molecule has 1 aliphatic heterocycles. The smallest absolute Gasteiger partial charge is 0.195 e. The molecule has 1 unspecified atom stereocenters. The summed E-state index contributed by atoms with van der Waals surface area (Å²) in [6.07, 6.45) is 2.50. The van der Waals surface area contributed by atoms with Gasteiger partial charge in [-0.1, -0.05) is 0 Å². The van der Waals surface area contributed by atoms with E-state index in [0.717, 1.165) is 18.2 Å². The Kier molecular flexibility index (Phi) is 8.46. The quantitative estimate of drug-likeness (QED) is 0.424. The Morgan fingerprint density at radius 3 is 2.61 bits per heavy atom. The SMILES string of the molecule is CN=C(NCC1CCCN1C)Nc1ccc(OC)c(OC)c1.I. The number of halogens is 1. The van der Waals surface area contributed by atoms with Gasteiger partial charge in [-0.15, -0.1) is 24.0 Å². The van der Waals surface area contributed by atoms with E-state index in [0.29, 0.717) is 17.5 Å². The highest BCUT2D eigenvalue weighted by Crippen LogP contribution is 2.29. The number of likely N-dealkylation sites (tertiary alicyclic amines) is 1. The van der Waals surface area contributed by atoms with E-state index in [9.17, 15) is 0 Å². The van der Waals surface area contributed by atoms with E-state index in [1.165, 1.54) is 19.4 Å². The Morgan fingerprint density at radius 1 is 1.30 bits per heavy atom. The molecule has 1 aliphatic rings. The summed E-state index contributed by atoms with van der Waals surface area (Å²) >= 11 is 0. The van der Waals surface area contributed by atoms with Crippen molar-refractivity contribution in [3.05, 3.63) is 18.2 Å². The Labute approximate surface area is 155 Å². The van der Waals surface area contributed by atoms with Crippen molar-refractivity contribution in [2.24, 2.45) is 4.99 Å². The molecule has 7 heteroatoms. The van der Waals surface area contributed by atoms with E-state index in [-0.39, 0.29) is 24.0 Å². The number of guanidine groups is 1. The van der Waals surface area contributed by atoms with E-state index in [2.05, 4.69) is 27.6 Å². The maximum absolute atomic E-state index is 5.32. The fourth-order valence-electron chi connectivity index (χ4n) is 2.68. The van der Waals surface area contributed by atoms with Crippen LogP contribution in [-0.4, -0.2) is 58.3 Å². The lowest BCUT2D eigenvalue weighted by atomic mass is 10.2. The molecule has 0 aliphatic carbocycles. The molecule has 1 aromatic rings. The first-order valence-electron chi connectivity index (χ1n) is 7.58. The Hall–Kier alpha value is -1.22. The van der Waals surface area contributed by atoms with Crippen LogP contribution in [0.2, 0.25) is 0 Å². The van der Waals surface area contributed by atoms with Gasteiger partial charge in [-0.2, -0.15) is 0 Å². The second kappa shape index (κ2) is 9.82. The van der Waals surface area contributed by atoms with Gasteiger partial charge < -0.3 is 25.0 Å². The predicted octanol–water partition coefficient (Wildman–Crippen LogP) is 2.40. The molecule has 1 aromatic carbocycles. The number of methoxy groups -OCH3 is 2. The Bertz CT molecular complexity index is 525. The van der Waals surface area contributed by atoms with Crippen molar-refractivity contribution in [1.82, 2.24) is 10.2 Å². The van der Waals surface area contributed by atoms with E-state index < -0.39 is 0 Å². The summed E-state index contributed by atoms with van der Waals surface area (Å²) in [6.45, 7) is 2.07. The number of nitrogens with one attached hydrogen (secondary N) is 2. The minimum Gasteiger partial charge on any atom is -0.493 e. The number of hydrogen-bond acceptors (Lipinski definition) is 4. The third-order valence-electron chi connectivity index (χ3n) is 4.05. The lowest BCUT2D eigenvalue weighted by Gasteiger charge is -2.21. The van der Waals surface area contributed by atoms with Gasteiger partial charge >= 0.3 is 0 Å². The van der Waals surface area contributed by atoms with Gasteiger partial charge in [0.15, 0.2) is 17.5 Å². The third kappa shape index (κ3) is 5.42. The molecule has 0 spiro atoms. The van der Waals surface area contributed by atoms with Crippen LogP contribution in [0, 0.1) is 0 Å². The van der Waals surface area contributed by atoms with Crippen molar-refractivity contribution in [3.63, 3.8) is 0 Å². The summed E-state index contributed by atoms with van der Waals surface area (Å²) in [5, 5.41) is 6.66. The molecule has 0 amide bonds. The van der Waals surface area contributed by atoms with Gasteiger partial charge in [0.1, 0.15) is 0 Å². The number of nitrogens with zero attached hydrogens (tertiary/aromatic N) is 2. The zero-order valence-electron chi connectivity index (χ0n) is 14.3. The van der Waals surface area contributed by atoms with Crippen LogP contribution in [0.3, 0.4) is 0 Å². The van der Waals surface area contributed by atoms with Crippen LogP contribution in [0.1, 0.15) is 12.8 Å². The first-order valence-corrected chi connectivity index (χ1v) is 7.58. The summed E-state index contributed by atoms with van der Waals surface area (Å²) < 4.78 is 10.6. The van der Waals surface area contributed by atoms with Gasteiger partial charge in [0.25, 0.3) is 0 Å². The van der Waals surface area contributed by atoms with Crippen LogP contribution in [0.4, 0.5) is 5.69 Å². The van der Waals surface area contributed by atoms with E-state index in [4.69, 9.17) is 9.47 Å². The normalized spacial score (nSPS) is 18.3. The average molecular weight is 434 g/mol. The Balaban J connectivity index is 0.00000264. The number of rotatable bonds is 5. The van der Waals surface area contributed by atoms with Crippen LogP contribution in [0.25, 0.3) is 0 Å². The maximum Gasteiger partial charge on any atom is 0.195 e. The fraction of sp³-hybridized carbons (Fsp3) is 0.562. The standard InChI is InChI=1S/C16H26N4O2.HI/c1-17-16(18-11-13-6-5-9-20(13)2)19-12-7-8-14(21-3)15(10-12)22-4;/h7-8,10,13H,5-6,9,11H2,1-4H3,(H2,17,18,19);1H. The van der Waals surface area contributed by atoms with Crippen LogP contribution in [-0.2, 0) is 0 Å². The van der Waals surface area contributed by atoms with Crippen LogP contribution in [0.15, 0.2) is 23.2 Å². The molecule has 2 rings (SSSR count). The highest BCUT2D eigenvalue weighted by atomic mass is 127. The zero-order valence-corrected chi connectivity index (χ0v) is 16.6. The second-order valence-electron chi connectivity index (χ2n) is 5.42. The molecular weight excluding hydrogens is 407 g/mol. The summed E-state index contributed by atoms with van der Waals surface area (Å²) in [6, 6.07) is 6.28. The molecule has 0 aromatic heterocycles. The first-order chi connectivity index (χ1) is 10.7. The number of likely N-dealkylation sites (N-methyl/N-ethyl adjacent to an activating group) is 1. The number of ether oxygens (including phenoxy) is 2. The van der Waals surface area contributed by atoms with Crippen molar-refractivity contribution in [2.45, 2.75) is 18.9 Å². The second-order valence-corrected chi connectivity index (χ2v) is 5.42. The molecule has 23 heavy (non-hydrogen) atoms. The molecule has 0 bridgehead atoms. The molecule has 6 nitrogen and oxygen atoms in total. The molecule has 1 saturated heterocycles. The fourth-order valence-corrected chi connectivity index (χ4v) is 2.68. The van der Waals surface area contributed by atoms with Gasteiger partial charge in [0.05, 0.1) is 14.2 Å². The maximum atomic E-state index is 5.32. The van der Waals surface area contributed by atoms with Gasteiger partial charge in [0.2, 0.25) is 0 Å². The minimum absolute atomic E-state index is 0. The third-order valence-corrected chi connectivity index (χ3v) is 4.05. The van der Waals surface area contributed by atoms with Gasteiger partial charge in [0, 0.05) is 31.4 Å². The number of aliphatic imine (C=N–C) groups is 1. The van der Waals surface area contributed by atoms with Crippen molar-refractivity contribution in [1.29, 1.82) is 0 Å². The zero-order chi connectivity index (χ0) is 15.9. The molecule has 130 valence electrons. The van der Waals surface area contributed by atoms with Crippen molar-refractivity contribution >= 4 is 35.6 Å². The lowest BCUT2D eigenvalue weighted by Crippen LogP contribution is -2.40. The van der Waals surface area contributed by atoms with E-state index >= 15 is 0 Å². The van der Waals surface area contributed by atoms with E-state index in [1.807, 2.05) is 18.2 Å². The van der Waals surface area contributed by atoms with Gasteiger partial charge in [-0.3, -0.25) is 4.99 Å². The largest absolute Gasteiger partial charge is 0.493 e. The Morgan fingerprint density at radius 2 is 2.04 bits per heavy atom. The monoisotopic (exact) mass is 434 g/mol. The van der Waals surface area contributed by atoms with Gasteiger partial charge in [-0.25, -0.2) is 0 Å². The van der Waals surface area contributed by atoms with Crippen LogP contribution in [0.5, 0.6) is 11.5 Å². The summed E-state index contributed by atoms with van der Waals surface area (Å²) in [5.41, 5.74) is 0.908. The van der Waals surface area contributed by atoms with Crippen molar-refractivity contribution < 1.29 is 9.47 Å². The highest BCUT2D eigenvalue weighted by molar-refractivity contribution is 14.0. The van der Waals surface area contributed by atoms with Crippen molar-refractivity contribution in [2.75, 3.05) is 46.7 Å². The number of hydrogen-bond donors (Lipinski definition) is 2.